The second kappa shape index (κ2) is 16.1. The molecule has 4 heterocycles. The van der Waals surface area contributed by atoms with Crippen LogP contribution in [0.3, 0.4) is 0 Å². The van der Waals surface area contributed by atoms with E-state index in [0.29, 0.717) is 37.3 Å². The first kappa shape index (κ1) is 35.8. The molecule has 8 nitrogen and oxygen atoms in total. The molecule has 6 aliphatic rings. The molecule has 3 aromatic rings. The lowest BCUT2D eigenvalue weighted by Crippen LogP contribution is -2.43. The van der Waals surface area contributed by atoms with Gasteiger partial charge in [0.2, 0.25) is 0 Å². The molecular weight excluding hydrogens is 669 g/mol. The molecule has 2 saturated carbocycles. The first-order chi connectivity index (χ1) is 26.6. The highest BCUT2D eigenvalue weighted by Crippen LogP contribution is 2.54. The second-order valence-electron chi connectivity index (χ2n) is 17.4. The highest BCUT2D eigenvalue weighted by atomic mass is 16.2. The van der Waals surface area contributed by atoms with Gasteiger partial charge in [0.25, 0.3) is 0 Å². The molecule has 2 aliphatic carbocycles. The summed E-state index contributed by atoms with van der Waals surface area (Å²) in [5, 5.41) is 12.6. The Morgan fingerprint density at radius 3 is 1.22 bits per heavy atom. The van der Waals surface area contributed by atoms with Gasteiger partial charge in [-0.05, 0) is 148 Å². The van der Waals surface area contributed by atoms with E-state index in [1.165, 1.54) is 77.3 Å². The third-order valence-electron chi connectivity index (χ3n) is 14.3. The first-order valence-electron chi connectivity index (χ1n) is 21.4. The molecule has 0 spiro atoms. The maximum absolute atomic E-state index is 12.8. The van der Waals surface area contributed by atoms with Crippen molar-refractivity contribution in [2.75, 3.05) is 13.1 Å². The minimum Gasteiger partial charge on any atom is -0.335 e. The summed E-state index contributed by atoms with van der Waals surface area (Å²) < 4.78 is 0. The molecule has 8 heteroatoms. The fourth-order valence-electron chi connectivity index (χ4n) is 11.5. The summed E-state index contributed by atoms with van der Waals surface area (Å²) >= 11 is 0. The van der Waals surface area contributed by atoms with Crippen molar-refractivity contribution in [3.63, 3.8) is 0 Å². The molecule has 2 saturated heterocycles. The lowest BCUT2D eigenvalue weighted by atomic mass is 9.84. The van der Waals surface area contributed by atoms with Crippen molar-refractivity contribution >= 4 is 12.1 Å². The van der Waals surface area contributed by atoms with Crippen LogP contribution in [0.25, 0.3) is 0 Å². The number of urea groups is 2. The van der Waals surface area contributed by atoms with Gasteiger partial charge >= 0.3 is 12.1 Å². The average molecular weight is 729 g/mol. The van der Waals surface area contributed by atoms with Crippen LogP contribution < -0.4 is 21.3 Å². The van der Waals surface area contributed by atoms with Crippen molar-refractivity contribution < 1.29 is 9.59 Å². The zero-order valence-corrected chi connectivity index (χ0v) is 32.0. The summed E-state index contributed by atoms with van der Waals surface area (Å²) in [5.74, 6) is 1.51. The molecule has 4 aliphatic heterocycles. The zero-order chi connectivity index (χ0) is 36.4. The molecular formula is C46H60N6O2. The van der Waals surface area contributed by atoms with Crippen LogP contribution in [0, 0.1) is 11.8 Å². The summed E-state index contributed by atoms with van der Waals surface area (Å²) in [7, 11) is 0. The molecule has 0 aromatic heterocycles. The van der Waals surface area contributed by atoms with E-state index in [0.717, 1.165) is 48.6 Å². The molecule has 9 rings (SSSR count). The fraction of sp³-hybridized carbons (Fsp3) is 0.565. The lowest BCUT2D eigenvalue weighted by molar-refractivity contribution is 0.185. The van der Waals surface area contributed by atoms with Crippen molar-refractivity contribution in [1.82, 2.24) is 31.1 Å². The van der Waals surface area contributed by atoms with Crippen molar-refractivity contribution in [3.05, 3.63) is 106 Å². The number of carbonyl (C=O) groups is 2. The average Bonchev–Trinajstić information content (AvgIpc) is 3.97. The van der Waals surface area contributed by atoms with Crippen LogP contribution in [0.5, 0.6) is 0 Å². The topological polar surface area (TPSA) is 88.7 Å². The Kier molecular flexibility index (Phi) is 10.7. The van der Waals surface area contributed by atoms with Crippen molar-refractivity contribution in [2.24, 2.45) is 11.8 Å². The van der Waals surface area contributed by atoms with Gasteiger partial charge in [-0.25, -0.2) is 9.59 Å². The molecule has 3 aromatic carbocycles. The third kappa shape index (κ3) is 7.66. The van der Waals surface area contributed by atoms with Gasteiger partial charge in [-0.15, -0.1) is 0 Å². The zero-order valence-electron chi connectivity index (χ0n) is 32.0. The predicted molar refractivity (Wildman–Crippen MR) is 214 cm³/mol. The first-order valence-corrected chi connectivity index (χ1v) is 21.4. The number of rotatable bonds is 12. The van der Waals surface area contributed by atoms with E-state index in [1.54, 1.807) is 22.3 Å². The molecule has 0 radical (unpaired) electrons. The van der Waals surface area contributed by atoms with Crippen LogP contribution in [0.4, 0.5) is 9.59 Å². The van der Waals surface area contributed by atoms with E-state index in [1.807, 2.05) is 18.2 Å². The Balaban J connectivity index is 0.636. The van der Waals surface area contributed by atoms with Crippen LogP contribution in [-0.4, -0.2) is 47.0 Å². The molecule has 0 unspecified atom stereocenters. The minimum atomic E-state index is -0.0868. The number of benzene rings is 3. The Labute approximate surface area is 322 Å². The van der Waals surface area contributed by atoms with Gasteiger partial charge in [0.1, 0.15) is 0 Å². The quantitative estimate of drug-likeness (QED) is 0.150. The van der Waals surface area contributed by atoms with Crippen LogP contribution in [0.15, 0.2) is 72.8 Å². The van der Waals surface area contributed by atoms with E-state index in [9.17, 15) is 9.59 Å². The second-order valence-corrected chi connectivity index (χ2v) is 17.4. The highest BCUT2D eigenvalue weighted by molar-refractivity contribution is 5.74. The van der Waals surface area contributed by atoms with Crippen molar-refractivity contribution in [2.45, 2.75) is 139 Å². The number of carbonyl (C=O) groups excluding carboxylic acids is 2. The number of amides is 4. The Hall–Kier alpha value is -3.88. The van der Waals surface area contributed by atoms with E-state index in [2.05, 4.69) is 85.7 Å². The standard InChI is InChI=1S/C46H60N6O2/c53-45(49-35-16-12-31(13-17-35)24-26-51-41-20-21-42(51)38-9-2-1-8-37(38)41)47-29-33-6-5-7-34(28-33)30-48-46(54)50-36-18-14-32(15-19-36)25-27-52-43-22-23-44(52)40-11-4-3-10-39(40)43/h1-11,28,31-32,35-36,41-44H,12-27,29-30H2,(H2,47,49,53)(H2,48,50,54)/t31?,32?,35?,36?,41-,42+,43-,44+. The van der Waals surface area contributed by atoms with Gasteiger partial charge in [-0.1, -0.05) is 72.8 Å². The van der Waals surface area contributed by atoms with Crippen LogP contribution in [0.2, 0.25) is 0 Å². The summed E-state index contributed by atoms with van der Waals surface area (Å²) in [6, 6.07) is 29.2. The lowest BCUT2D eigenvalue weighted by Gasteiger charge is -2.31. The Morgan fingerprint density at radius 2 is 0.852 bits per heavy atom. The Bertz CT molecular complexity index is 1590. The summed E-state index contributed by atoms with van der Waals surface area (Å²) in [6.45, 7) is 3.34. The number of hydrogen-bond donors (Lipinski definition) is 4. The monoisotopic (exact) mass is 728 g/mol. The summed E-state index contributed by atoms with van der Waals surface area (Å²) in [6.07, 6.45) is 16.8. The molecule has 286 valence electrons. The number of nitrogens with one attached hydrogen (secondary N) is 4. The maximum atomic E-state index is 12.8. The third-order valence-corrected chi connectivity index (χ3v) is 14.3. The van der Waals surface area contributed by atoms with E-state index < -0.39 is 0 Å². The summed E-state index contributed by atoms with van der Waals surface area (Å²) in [4.78, 5) is 31.2. The van der Waals surface area contributed by atoms with Gasteiger partial charge < -0.3 is 21.3 Å². The number of hydrogen-bond acceptors (Lipinski definition) is 4. The number of fused-ring (bicyclic) bond motifs is 10. The summed E-state index contributed by atoms with van der Waals surface area (Å²) in [5.41, 5.74) is 8.37. The minimum absolute atomic E-state index is 0.0868. The van der Waals surface area contributed by atoms with Crippen molar-refractivity contribution in [1.29, 1.82) is 0 Å². The van der Waals surface area contributed by atoms with Crippen LogP contribution in [-0.2, 0) is 13.1 Å². The maximum Gasteiger partial charge on any atom is 0.315 e. The highest BCUT2D eigenvalue weighted by Gasteiger charge is 2.44. The molecule has 54 heavy (non-hydrogen) atoms. The normalized spacial score (nSPS) is 29.8. The van der Waals surface area contributed by atoms with Gasteiger partial charge in [0, 0.05) is 49.3 Å². The van der Waals surface area contributed by atoms with Gasteiger partial charge in [-0.3, -0.25) is 9.80 Å². The fourth-order valence-corrected chi connectivity index (χ4v) is 11.5. The van der Waals surface area contributed by atoms with Gasteiger partial charge in [-0.2, -0.15) is 0 Å². The molecule has 4 N–H and O–H groups in total. The molecule has 4 amide bonds. The molecule has 4 bridgehead atoms. The van der Waals surface area contributed by atoms with Crippen LogP contribution in [0.1, 0.15) is 147 Å². The predicted octanol–water partition coefficient (Wildman–Crippen LogP) is 8.97. The van der Waals surface area contributed by atoms with Crippen LogP contribution >= 0.6 is 0 Å². The van der Waals surface area contributed by atoms with E-state index in [4.69, 9.17) is 0 Å². The number of nitrogens with zero attached hydrogens (tertiary/aromatic N) is 2. The Morgan fingerprint density at radius 1 is 0.481 bits per heavy atom. The molecule has 4 fully saturated rings. The van der Waals surface area contributed by atoms with E-state index >= 15 is 0 Å². The smallest absolute Gasteiger partial charge is 0.315 e. The van der Waals surface area contributed by atoms with Gasteiger partial charge in [0.05, 0.1) is 0 Å². The molecule has 4 atom stereocenters. The van der Waals surface area contributed by atoms with Gasteiger partial charge in [0.15, 0.2) is 0 Å². The SMILES string of the molecule is O=C(NCc1cccc(CNC(=O)NC2CCC(CCN3[C@@H]4CC[C@H]3c3ccccc34)CC2)c1)NC1CCC(CCN2[C@@H]3CC[C@H]2c2ccccc23)CC1. The van der Waals surface area contributed by atoms with Crippen molar-refractivity contribution in [3.8, 4) is 0 Å². The largest absolute Gasteiger partial charge is 0.335 e. The van der Waals surface area contributed by atoms with E-state index in [-0.39, 0.29) is 24.1 Å².